The van der Waals surface area contributed by atoms with Crippen LogP contribution in [0, 0.1) is 6.92 Å². The van der Waals surface area contributed by atoms with Crippen LogP contribution in [0.15, 0.2) is 12.4 Å². The van der Waals surface area contributed by atoms with Gasteiger partial charge >= 0.3 is 0 Å². The smallest absolute Gasteiger partial charge is 0.0788 e. The van der Waals surface area contributed by atoms with Crippen LogP contribution in [0.25, 0.3) is 10.4 Å². The highest BCUT2D eigenvalue weighted by molar-refractivity contribution is 7.09. The molecule has 0 aromatic carbocycles. The van der Waals surface area contributed by atoms with E-state index in [1.165, 1.54) is 11.5 Å². The third kappa shape index (κ3) is 1.02. The molecule has 0 aliphatic rings. The molecule has 2 rings (SSSR count). The van der Waals surface area contributed by atoms with Crippen LogP contribution in [0.1, 0.15) is 5.69 Å². The topological polar surface area (TPSA) is 43.6 Å². The van der Waals surface area contributed by atoms with Gasteiger partial charge in [-0.1, -0.05) is 4.49 Å². The van der Waals surface area contributed by atoms with E-state index < -0.39 is 0 Å². The van der Waals surface area contributed by atoms with Gasteiger partial charge in [0.25, 0.3) is 0 Å². The quantitative estimate of drug-likeness (QED) is 0.663. The van der Waals surface area contributed by atoms with Crippen LogP contribution < -0.4 is 0 Å². The Kier molecular flexibility index (Phi) is 1.65. The average molecular weight is 180 g/mol. The molecule has 2 heterocycles. The van der Waals surface area contributed by atoms with Crippen molar-refractivity contribution in [3.8, 4) is 10.4 Å². The zero-order valence-corrected chi connectivity index (χ0v) is 7.67. The van der Waals surface area contributed by atoms with Crippen molar-refractivity contribution in [2.45, 2.75) is 6.92 Å². The molecule has 0 radical (unpaired) electrons. The maximum absolute atomic E-state index is 4.14. The van der Waals surface area contributed by atoms with E-state index in [0.717, 1.165) is 16.1 Å². The highest BCUT2D eigenvalue weighted by Gasteiger charge is 2.07. The van der Waals surface area contributed by atoms with Gasteiger partial charge in [-0.15, -0.1) is 5.10 Å². The van der Waals surface area contributed by atoms with Gasteiger partial charge in [-0.25, -0.2) is 0 Å². The first-order valence-corrected chi connectivity index (χ1v) is 4.32. The second-order valence-corrected chi connectivity index (χ2v) is 3.33. The molecule has 0 aliphatic carbocycles. The minimum atomic E-state index is 1.07. The molecule has 0 atom stereocenters. The predicted molar refractivity (Wildman–Crippen MR) is 46.8 cm³/mol. The van der Waals surface area contributed by atoms with Gasteiger partial charge < -0.3 is 0 Å². The van der Waals surface area contributed by atoms with Crippen LogP contribution in [0.4, 0.5) is 0 Å². The van der Waals surface area contributed by atoms with Crippen LogP contribution >= 0.6 is 11.5 Å². The highest BCUT2D eigenvalue weighted by atomic mass is 32.1. The molecule has 62 valence electrons. The third-order valence-corrected chi connectivity index (χ3v) is 2.56. The van der Waals surface area contributed by atoms with Crippen molar-refractivity contribution in [2.24, 2.45) is 7.05 Å². The zero-order chi connectivity index (χ0) is 8.55. The summed E-state index contributed by atoms with van der Waals surface area (Å²) in [6, 6.07) is 0. The van der Waals surface area contributed by atoms with Crippen LogP contribution in [-0.4, -0.2) is 19.4 Å². The molecule has 0 saturated heterocycles. The van der Waals surface area contributed by atoms with Crippen molar-refractivity contribution < 1.29 is 0 Å². The summed E-state index contributed by atoms with van der Waals surface area (Å²) in [4.78, 5) is 1.07. The molecule has 2 aromatic rings. The molecule has 12 heavy (non-hydrogen) atoms. The molecule has 0 bridgehead atoms. The first kappa shape index (κ1) is 7.42. The second-order valence-electron chi connectivity index (χ2n) is 2.55. The Bertz CT molecular complexity index is 376. The van der Waals surface area contributed by atoms with Gasteiger partial charge in [0.1, 0.15) is 0 Å². The van der Waals surface area contributed by atoms with Gasteiger partial charge in [0.2, 0.25) is 0 Å². The fourth-order valence-corrected chi connectivity index (χ4v) is 1.60. The van der Waals surface area contributed by atoms with E-state index in [9.17, 15) is 0 Å². The first-order valence-electron chi connectivity index (χ1n) is 3.55. The van der Waals surface area contributed by atoms with Crippen LogP contribution in [0.5, 0.6) is 0 Å². The van der Waals surface area contributed by atoms with Crippen molar-refractivity contribution in [2.75, 3.05) is 0 Å². The fraction of sp³-hybridized carbons (Fsp3) is 0.286. The second kappa shape index (κ2) is 2.67. The number of hydrogen-bond donors (Lipinski definition) is 0. The van der Waals surface area contributed by atoms with Crippen molar-refractivity contribution in [1.82, 2.24) is 19.4 Å². The fourth-order valence-electron chi connectivity index (χ4n) is 1.03. The van der Waals surface area contributed by atoms with Gasteiger partial charge in [0.05, 0.1) is 17.3 Å². The zero-order valence-electron chi connectivity index (χ0n) is 6.85. The maximum atomic E-state index is 4.14. The molecular formula is C7H8N4S. The summed E-state index contributed by atoms with van der Waals surface area (Å²) in [5, 5.41) is 7.92. The Morgan fingerprint density at radius 3 is 2.75 bits per heavy atom. The summed E-state index contributed by atoms with van der Waals surface area (Å²) in [7, 11) is 1.92. The molecule has 0 aliphatic heterocycles. The summed E-state index contributed by atoms with van der Waals surface area (Å²) >= 11 is 1.39. The van der Waals surface area contributed by atoms with E-state index >= 15 is 0 Å². The average Bonchev–Trinajstić information content (AvgIpc) is 2.64. The molecule has 0 N–H and O–H groups in total. The van der Waals surface area contributed by atoms with Crippen molar-refractivity contribution in [3.63, 3.8) is 0 Å². The van der Waals surface area contributed by atoms with E-state index in [-0.39, 0.29) is 0 Å². The summed E-state index contributed by atoms with van der Waals surface area (Å²) < 4.78 is 5.65. The summed E-state index contributed by atoms with van der Waals surface area (Å²) in [5.41, 5.74) is 2.26. The molecule has 0 unspecified atom stereocenters. The Balaban J connectivity index is 2.55. The molecule has 2 aromatic heterocycles. The number of aromatic nitrogens is 4. The number of hydrogen-bond acceptors (Lipinski definition) is 4. The van der Waals surface area contributed by atoms with E-state index in [1.807, 2.05) is 24.9 Å². The standard InChI is InChI=1S/C7H8N4S/c1-5-6(3-9-11(5)2)7-4-8-10-12-7/h3-4H,1-2H3. The van der Waals surface area contributed by atoms with E-state index in [1.54, 1.807) is 6.20 Å². The van der Waals surface area contributed by atoms with Crippen molar-refractivity contribution >= 4 is 11.5 Å². The Hall–Kier alpha value is -1.23. The molecule has 4 nitrogen and oxygen atoms in total. The minimum Gasteiger partial charge on any atom is -0.272 e. The molecule has 0 fully saturated rings. The summed E-state index contributed by atoms with van der Waals surface area (Å²) in [6.07, 6.45) is 3.60. The van der Waals surface area contributed by atoms with Crippen LogP contribution in [-0.2, 0) is 7.05 Å². The summed E-state index contributed by atoms with van der Waals surface area (Å²) in [6.45, 7) is 2.03. The monoisotopic (exact) mass is 180 g/mol. The summed E-state index contributed by atoms with van der Waals surface area (Å²) in [5.74, 6) is 0. The molecule has 5 heteroatoms. The lowest BCUT2D eigenvalue weighted by Crippen LogP contribution is -1.91. The lowest BCUT2D eigenvalue weighted by molar-refractivity contribution is 0.740. The van der Waals surface area contributed by atoms with E-state index in [2.05, 4.69) is 14.7 Å². The van der Waals surface area contributed by atoms with E-state index in [0.29, 0.717) is 0 Å². The van der Waals surface area contributed by atoms with Gasteiger partial charge in [0.15, 0.2) is 0 Å². The van der Waals surface area contributed by atoms with E-state index in [4.69, 9.17) is 0 Å². The van der Waals surface area contributed by atoms with Gasteiger partial charge in [0, 0.05) is 18.3 Å². The van der Waals surface area contributed by atoms with Crippen molar-refractivity contribution in [3.05, 3.63) is 18.1 Å². The Morgan fingerprint density at radius 2 is 2.25 bits per heavy atom. The minimum absolute atomic E-state index is 1.07. The van der Waals surface area contributed by atoms with Crippen molar-refractivity contribution in [1.29, 1.82) is 0 Å². The van der Waals surface area contributed by atoms with Crippen LogP contribution in [0.3, 0.4) is 0 Å². The van der Waals surface area contributed by atoms with Gasteiger partial charge in [-0.3, -0.25) is 4.68 Å². The molecular weight excluding hydrogens is 172 g/mol. The van der Waals surface area contributed by atoms with Gasteiger partial charge in [-0.2, -0.15) is 5.10 Å². The largest absolute Gasteiger partial charge is 0.272 e. The molecule has 0 saturated carbocycles. The maximum Gasteiger partial charge on any atom is 0.0788 e. The molecule has 0 amide bonds. The van der Waals surface area contributed by atoms with Crippen LogP contribution in [0.2, 0.25) is 0 Å². The van der Waals surface area contributed by atoms with Gasteiger partial charge in [-0.05, 0) is 18.5 Å². The first-order chi connectivity index (χ1) is 5.79. The Labute approximate surface area is 74.0 Å². The lowest BCUT2D eigenvalue weighted by atomic mass is 10.2. The highest BCUT2D eigenvalue weighted by Crippen LogP contribution is 2.23. The SMILES string of the molecule is Cc1c(-c2cnns2)cnn1C. The normalized spacial score (nSPS) is 10.5. The Morgan fingerprint density at radius 1 is 1.42 bits per heavy atom. The third-order valence-electron chi connectivity index (χ3n) is 1.86. The number of nitrogens with zero attached hydrogens (tertiary/aromatic N) is 4. The number of rotatable bonds is 1. The predicted octanol–water partition coefficient (Wildman–Crippen LogP) is 1.25. The number of aryl methyl sites for hydroxylation is 1. The molecule has 0 spiro atoms. The lowest BCUT2D eigenvalue weighted by Gasteiger charge is -1.94.